The first-order valence-corrected chi connectivity index (χ1v) is 18.7. The van der Waals surface area contributed by atoms with E-state index in [9.17, 15) is 0 Å². The van der Waals surface area contributed by atoms with Crippen LogP contribution in [0.15, 0.2) is 212 Å². The number of anilines is 2. The fourth-order valence-electron chi connectivity index (χ4n) is 7.16. The van der Waals surface area contributed by atoms with Gasteiger partial charge in [0.2, 0.25) is 0 Å². The molecular weight excluding hydrogens is 639 g/mol. The van der Waals surface area contributed by atoms with E-state index in [4.69, 9.17) is 0 Å². The maximum atomic E-state index is 4.29. The molecule has 1 atom stereocenters. The van der Waals surface area contributed by atoms with Crippen LogP contribution in [0.1, 0.15) is 36.5 Å². The first kappa shape index (κ1) is 35.2. The van der Waals surface area contributed by atoms with E-state index in [1.807, 2.05) is 18.2 Å². The summed E-state index contributed by atoms with van der Waals surface area (Å²) in [5.74, 6) is 0.532. The number of nitrogens with zero attached hydrogens (tertiary/aromatic N) is 1. The van der Waals surface area contributed by atoms with Crippen molar-refractivity contribution in [3.8, 4) is 0 Å². The summed E-state index contributed by atoms with van der Waals surface area (Å²) in [6, 6.07) is 37.6. The lowest BCUT2D eigenvalue weighted by molar-refractivity contribution is 0.732. The number of fused-ring (bicyclic) bond motifs is 3. The molecule has 7 rings (SSSR count). The number of rotatable bonds is 9. The van der Waals surface area contributed by atoms with Gasteiger partial charge in [0.25, 0.3) is 0 Å². The summed E-state index contributed by atoms with van der Waals surface area (Å²) >= 11 is 0. The fourth-order valence-corrected chi connectivity index (χ4v) is 7.16. The standard InChI is InChI=1S/C52H47N/c1-5-47(43-28-23-39(3)24-29-43)48(44-30-25-40(4)26-31-44)21-14-36-53(52-37-45-17-10-11-18-49(45)50-19-12-13-20-51(50)52)46-34-32-42(33-35-46)41-16-9-7-6-8-15-38(2)22-27-41/h5-8,10-25,27-35,37,40H,1-2,9,26,36H2,3-4H3/b7-6-,15-8-,21-14-,27-22?,41-16?,48-47-. The molecule has 0 aromatic heterocycles. The van der Waals surface area contributed by atoms with E-state index in [0.717, 1.165) is 29.7 Å². The second kappa shape index (κ2) is 16.4. The maximum Gasteiger partial charge on any atom is 0.0499 e. The summed E-state index contributed by atoms with van der Waals surface area (Å²) in [5, 5.41) is 4.98. The van der Waals surface area contributed by atoms with Gasteiger partial charge in [-0.15, -0.1) is 0 Å². The van der Waals surface area contributed by atoms with E-state index in [1.165, 1.54) is 60.6 Å². The average molecular weight is 686 g/mol. The summed E-state index contributed by atoms with van der Waals surface area (Å²) in [6.07, 6.45) is 30.4. The molecule has 0 aliphatic heterocycles. The molecule has 5 aromatic carbocycles. The molecule has 260 valence electrons. The fraction of sp³-hybridized carbons (Fsp3) is 0.115. The van der Waals surface area contributed by atoms with E-state index >= 15 is 0 Å². The quantitative estimate of drug-likeness (QED) is 0.110. The first-order valence-electron chi connectivity index (χ1n) is 18.7. The van der Waals surface area contributed by atoms with Crippen molar-refractivity contribution in [2.75, 3.05) is 11.4 Å². The maximum absolute atomic E-state index is 4.29. The zero-order valence-electron chi connectivity index (χ0n) is 30.9. The van der Waals surface area contributed by atoms with Gasteiger partial charge in [0.15, 0.2) is 0 Å². The lowest BCUT2D eigenvalue weighted by Gasteiger charge is -2.27. The van der Waals surface area contributed by atoms with Crippen molar-refractivity contribution < 1.29 is 0 Å². The van der Waals surface area contributed by atoms with Crippen LogP contribution >= 0.6 is 0 Å². The Bertz CT molecular complexity index is 2400. The molecular formula is C52H47N. The number of hydrogen-bond acceptors (Lipinski definition) is 1. The third-order valence-electron chi connectivity index (χ3n) is 10.1. The molecule has 1 nitrogen and oxygen atoms in total. The summed E-state index contributed by atoms with van der Waals surface area (Å²) in [7, 11) is 0. The van der Waals surface area contributed by atoms with Crippen molar-refractivity contribution in [2.24, 2.45) is 5.92 Å². The Morgan fingerprint density at radius 1 is 0.774 bits per heavy atom. The van der Waals surface area contributed by atoms with Crippen LogP contribution in [0.3, 0.4) is 0 Å². The molecule has 5 aromatic rings. The summed E-state index contributed by atoms with van der Waals surface area (Å²) in [4.78, 5) is 2.45. The van der Waals surface area contributed by atoms with Crippen molar-refractivity contribution in [3.63, 3.8) is 0 Å². The number of allylic oxidation sites excluding steroid dienone is 17. The third-order valence-corrected chi connectivity index (χ3v) is 10.1. The Kier molecular flexibility index (Phi) is 10.9. The van der Waals surface area contributed by atoms with E-state index in [1.54, 1.807) is 0 Å². The predicted molar refractivity (Wildman–Crippen MR) is 232 cm³/mol. The summed E-state index contributed by atoms with van der Waals surface area (Å²) in [6.45, 7) is 13.5. The molecule has 0 N–H and O–H groups in total. The van der Waals surface area contributed by atoms with Crippen LogP contribution in [0, 0.1) is 12.8 Å². The van der Waals surface area contributed by atoms with Gasteiger partial charge in [0.05, 0.1) is 0 Å². The molecule has 0 radical (unpaired) electrons. The number of aryl methyl sites for hydroxylation is 1. The minimum absolute atomic E-state index is 0.532. The average Bonchev–Trinajstić information content (AvgIpc) is 3.19. The van der Waals surface area contributed by atoms with Crippen LogP contribution in [0.5, 0.6) is 0 Å². The lowest BCUT2D eigenvalue weighted by atomic mass is 9.88. The van der Waals surface area contributed by atoms with Crippen molar-refractivity contribution in [3.05, 3.63) is 229 Å². The molecule has 0 heterocycles. The van der Waals surface area contributed by atoms with Gasteiger partial charge in [-0.1, -0.05) is 190 Å². The van der Waals surface area contributed by atoms with E-state index in [-0.39, 0.29) is 0 Å². The highest BCUT2D eigenvalue weighted by atomic mass is 15.1. The highest BCUT2D eigenvalue weighted by molar-refractivity contribution is 6.13. The molecule has 53 heavy (non-hydrogen) atoms. The minimum atomic E-state index is 0.532. The van der Waals surface area contributed by atoms with E-state index < -0.39 is 0 Å². The first-order chi connectivity index (χ1) is 26.0. The molecule has 0 amide bonds. The molecule has 0 fully saturated rings. The Balaban J connectivity index is 1.33. The van der Waals surface area contributed by atoms with E-state index in [2.05, 4.69) is 196 Å². The highest BCUT2D eigenvalue weighted by Gasteiger charge is 2.16. The monoisotopic (exact) mass is 685 g/mol. The summed E-state index contributed by atoms with van der Waals surface area (Å²) in [5.41, 5.74) is 11.6. The van der Waals surface area contributed by atoms with Crippen LogP contribution < -0.4 is 4.90 Å². The Hall–Kier alpha value is -6.18. The van der Waals surface area contributed by atoms with Gasteiger partial charge in [0, 0.05) is 23.3 Å². The van der Waals surface area contributed by atoms with Gasteiger partial charge in [-0.2, -0.15) is 0 Å². The van der Waals surface area contributed by atoms with Gasteiger partial charge >= 0.3 is 0 Å². The molecule has 0 spiro atoms. The molecule has 0 saturated carbocycles. The van der Waals surface area contributed by atoms with Crippen LogP contribution in [0.25, 0.3) is 32.7 Å². The van der Waals surface area contributed by atoms with Crippen LogP contribution in [-0.2, 0) is 0 Å². The number of benzene rings is 5. The smallest absolute Gasteiger partial charge is 0.0499 e. The normalized spacial score (nSPS) is 17.7. The second-order valence-corrected chi connectivity index (χ2v) is 13.9. The Morgan fingerprint density at radius 2 is 1.53 bits per heavy atom. The largest absolute Gasteiger partial charge is 0.337 e. The second-order valence-electron chi connectivity index (χ2n) is 13.9. The molecule has 1 heteroatoms. The van der Waals surface area contributed by atoms with Crippen molar-refractivity contribution in [2.45, 2.75) is 26.7 Å². The van der Waals surface area contributed by atoms with Gasteiger partial charge in [-0.3, -0.25) is 0 Å². The lowest BCUT2D eigenvalue weighted by Crippen LogP contribution is -2.17. The predicted octanol–water partition coefficient (Wildman–Crippen LogP) is 14.2. The zero-order valence-corrected chi connectivity index (χ0v) is 30.9. The van der Waals surface area contributed by atoms with Crippen LogP contribution in [0.4, 0.5) is 11.4 Å². The van der Waals surface area contributed by atoms with Gasteiger partial charge in [-0.25, -0.2) is 0 Å². The van der Waals surface area contributed by atoms with Crippen LogP contribution in [-0.4, -0.2) is 6.54 Å². The molecule has 2 aliphatic rings. The van der Waals surface area contributed by atoms with Gasteiger partial charge < -0.3 is 4.90 Å². The van der Waals surface area contributed by atoms with Gasteiger partial charge in [-0.05, 0) is 99.0 Å². The zero-order chi connectivity index (χ0) is 36.6. The van der Waals surface area contributed by atoms with Crippen molar-refractivity contribution in [1.29, 1.82) is 0 Å². The Labute approximate surface area is 315 Å². The van der Waals surface area contributed by atoms with E-state index in [0.29, 0.717) is 12.5 Å². The molecule has 2 aliphatic carbocycles. The number of hydrogen-bond donors (Lipinski definition) is 0. The minimum Gasteiger partial charge on any atom is -0.337 e. The van der Waals surface area contributed by atoms with Gasteiger partial charge in [0.1, 0.15) is 0 Å². The third kappa shape index (κ3) is 8.16. The SMILES string of the molecule is C=C/C(=C(\C=C/CN(c1ccc(C2=CC/C=C\C=C/C(=C)C=C2)cc1)c1cc2ccccc2c2ccccc12)C1=CCC(C)C=C1)c1ccc(C)cc1. The highest BCUT2D eigenvalue weighted by Crippen LogP contribution is 2.38. The summed E-state index contributed by atoms with van der Waals surface area (Å²) < 4.78 is 0. The molecule has 1 unspecified atom stereocenters. The molecule has 0 saturated heterocycles. The van der Waals surface area contributed by atoms with Crippen molar-refractivity contribution >= 4 is 44.1 Å². The topological polar surface area (TPSA) is 3.24 Å². The Morgan fingerprint density at radius 3 is 2.28 bits per heavy atom. The molecule has 0 bridgehead atoms. The van der Waals surface area contributed by atoms with Crippen molar-refractivity contribution in [1.82, 2.24) is 0 Å². The van der Waals surface area contributed by atoms with Crippen LogP contribution in [0.2, 0.25) is 0 Å².